The first-order valence-corrected chi connectivity index (χ1v) is 9.53. The van der Waals surface area contributed by atoms with Crippen molar-refractivity contribution in [3.05, 3.63) is 53.8 Å². The number of benzene rings is 1. The molecule has 2 fully saturated rings. The van der Waals surface area contributed by atoms with Crippen LogP contribution >= 0.6 is 0 Å². The topological polar surface area (TPSA) is 93.9 Å². The summed E-state index contributed by atoms with van der Waals surface area (Å²) in [5.41, 5.74) is 0.136. The Balaban J connectivity index is 1.35. The molecule has 0 unspecified atom stereocenters. The van der Waals surface area contributed by atoms with E-state index in [1.165, 1.54) is 0 Å². The highest BCUT2D eigenvalue weighted by Crippen LogP contribution is 2.52. The minimum absolute atomic E-state index is 0.160. The number of nitrogens with zero attached hydrogens (tertiary/aromatic N) is 2. The Bertz CT molecular complexity index is 1020. The average molecular weight is 395 g/mol. The quantitative estimate of drug-likeness (QED) is 0.773. The summed E-state index contributed by atoms with van der Waals surface area (Å²) in [7, 11) is 1.60. The Hall–Kier alpha value is -3.13. The second-order valence-electron chi connectivity index (χ2n) is 7.69. The van der Waals surface area contributed by atoms with Crippen LogP contribution in [0.2, 0.25) is 0 Å². The zero-order valence-corrected chi connectivity index (χ0v) is 16.1. The van der Waals surface area contributed by atoms with Crippen LogP contribution in [0.15, 0.2) is 47.0 Å². The molecule has 1 aromatic carbocycles. The van der Waals surface area contributed by atoms with Gasteiger partial charge in [-0.05, 0) is 24.6 Å². The number of carbonyl (C=O) groups excluding carboxylic acids is 2. The van der Waals surface area contributed by atoms with Gasteiger partial charge in [0.1, 0.15) is 17.1 Å². The Morgan fingerprint density at radius 3 is 3.03 bits per heavy atom. The lowest BCUT2D eigenvalue weighted by atomic mass is 9.77. The molecule has 1 N–H and O–H groups in total. The molecule has 1 spiro atoms. The first kappa shape index (κ1) is 17.9. The molecule has 29 heavy (non-hydrogen) atoms. The number of carbonyl (C=O) groups is 2. The van der Waals surface area contributed by atoms with Crippen LogP contribution in [-0.2, 0) is 20.9 Å². The highest BCUT2D eigenvalue weighted by Gasteiger charge is 2.67. The van der Waals surface area contributed by atoms with Gasteiger partial charge in [0, 0.05) is 12.6 Å². The standard InChI is InChI=1S/C21H21N3O5/c1-12-8-16(23-29-12)24-11-21-7-6-15(28-21)17(18(21)20(24)26)19(25)22-10-13-4-3-5-14(9-13)27-2/h3-9,15,17-18H,10-11H2,1-2H3,(H,22,25)/t15-,17+,18+,21+/m1/s1. The number of nitrogens with one attached hydrogen (secondary N) is 1. The molecule has 2 saturated heterocycles. The first-order valence-electron chi connectivity index (χ1n) is 9.53. The van der Waals surface area contributed by atoms with Gasteiger partial charge < -0.3 is 19.3 Å². The third-order valence-electron chi connectivity index (χ3n) is 5.90. The number of aryl methyl sites for hydroxylation is 1. The van der Waals surface area contributed by atoms with E-state index in [1.54, 1.807) is 25.0 Å². The van der Waals surface area contributed by atoms with E-state index < -0.39 is 23.5 Å². The van der Waals surface area contributed by atoms with Gasteiger partial charge in [-0.25, -0.2) is 0 Å². The van der Waals surface area contributed by atoms with Crippen molar-refractivity contribution >= 4 is 17.6 Å². The van der Waals surface area contributed by atoms with Gasteiger partial charge in [0.25, 0.3) is 0 Å². The number of amides is 2. The van der Waals surface area contributed by atoms with Gasteiger partial charge in [0.15, 0.2) is 5.82 Å². The number of hydrogen-bond donors (Lipinski definition) is 1. The molecule has 5 rings (SSSR count). The Morgan fingerprint density at radius 2 is 2.28 bits per heavy atom. The molecule has 0 saturated carbocycles. The zero-order chi connectivity index (χ0) is 20.2. The number of anilines is 1. The molecule has 2 amide bonds. The SMILES string of the molecule is COc1cccc(CNC(=O)[C@@H]2[C@H]3C(=O)N(c4cc(C)on4)C[C@@]34C=C[C@H]2O4)c1. The van der Waals surface area contributed by atoms with Gasteiger partial charge in [-0.15, -0.1) is 0 Å². The molecule has 8 nitrogen and oxygen atoms in total. The van der Waals surface area contributed by atoms with Crippen molar-refractivity contribution in [2.45, 2.75) is 25.2 Å². The maximum Gasteiger partial charge on any atom is 0.235 e. The molecule has 150 valence electrons. The van der Waals surface area contributed by atoms with Crippen molar-refractivity contribution < 1.29 is 23.6 Å². The third-order valence-corrected chi connectivity index (χ3v) is 5.90. The highest BCUT2D eigenvalue weighted by molar-refractivity contribution is 6.02. The van der Waals surface area contributed by atoms with Gasteiger partial charge in [-0.2, -0.15) is 0 Å². The number of ether oxygens (including phenoxy) is 2. The molecule has 4 heterocycles. The van der Waals surface area contributed by atoms with Crippen LogP contribution in [0.5, 0.6) is 5.75 Å². The number of aromatic nitrogens is 1. The fourth-order valence-electron chi connectivity index (χ4n) is 4.56. The fourth-order valence-corrected chi connectivity index (χ4v) is 4.56. The van der Waals surface area contributed by atoms with Crippen LogP contribution in [-0.4, -0.2) is 42.3 Å². The second-order valence-corrected chi connectivity index (χ2v) is 7.69. The van der Waals surface area contributed by atoms with Crippen LogP contribution in [0.25, 0.3) is 0 Å². The van der Waals surface area contributed by atoms with Crippen molar-refractivity contribution in [1.82, 2.24) is 10.5 Å². The van der Waals surface area contributed by atoms with Gasteiger partial charge in [0.2, 0.25) is 11.8 Å². The summed E-state index contributed by atoms with van der Waals surface area (Å²) >= 11 is 0. The molecular formula is C21H21N3O5. The van der Waals surface area contributed by atoms with Crippen molar-refractivity contribution in [1.29, 1.82) is 0 Å². The van der Waals surface area contributed by atoms with E-state index in [9.17, 15) is 9.59 Å². The maximum atomic E-state index is 13.2. The summed E-state index contributed by atoms with van der Waals surface area (Å²) in [6.45, 7) is 2.45. The van der Waals surface area contributed by atoms with Gasteiger partial charge in [0.05, 0.1) is 31.6 Å². The Kier molecular flexibility index (Phi) is 3.99. The molecule has 2 aromatic rings. The van der Waals surface area contributed by atoms with E-state index >= 15 is 0 Å². The lowest BCUT2D eigenvalue weighted by molar-refractivity contribution is -0.132. The van der Waals surface area contributed by atoms with E-state index in [1.807, 2.05) is 36.4 Å². The molecule has 8 heteroatoms. The van der Waals surface area contributed by atoms with E-state index in [-0.39, 0.29) is 11.8 Å². The summed E-state index contributed by atoms with van der Waals surface area (Å²) in [6.07, 6.45) is 3.41. The Labute approximate surface area is 167 Å². The van der Waals surface area contributed by atoms with Crippen molar-refractivity contribution in [3.63, 3.8) is 0 Å². The van der Waals surface area contributed by atoms with E-state index in [4.69, 9.17) is 14.0 Å². The van der Waals surface area contributed by atoms with Crippen molar-refractivity contribution in [3.8, 4) is 5.75 Å². The predicted octanol–water partition coefficient (Wildman–Crippen LogP) is 1.59. The smallest absolute Gasteiger partial charge is 0.235 e. The number of hydrogen-bond acceptors (Lipinski definition) is 6. The minimum atomic E-state index is -0.785. The molecule has 3 aliphatic rings. The summed E-state index contributed by atoms with van der Waals surface area (Å²) in [6, 6.07) is 9.22. The molecule has 1 aromatic heterocycles. The number of fused-ring (bicyclic) bond motifs is 1. The second kappa shape index (κ2) is 6.45. The van der Waals surface area contributed by atoms with E-state index in [0.717, 1.165) is 11.3 Å². The first-order chi connectivity index (χ1) is 14.0. The lowest BCUT2D eigenvalue weighted by Gasteiger charge is -2.23. The molecule has 3 aliphatic heterocycles. The van der Waals surface area contributed by atoms with Crippen LogP contribution in [0.4, 0.5) is 5.82 Å². The fraction of sp³-hybridized carbons (Fsp3) is 0.381. The van der Waals surface area contributed by atoms with Gasteiger partial charge in [-0.3, -0.25) is 14.5 Å². The normalized spacial score (nSPS) is 29.4. The Morgan fingerprint density at radius 1 is 1.41 bits per heavy atom. The van der Waals surface area contributed by atoms with Gasteiger partial charge in [-0.1, -0.05) is 29.4 Å². The summed E-state index contributed by atoms with van der Waals surface area (Å²) in [5, 5.41) is 6.91. The molecule has 2 bridgehead atoms. The minimum Gasteiger partial charge on any atom is -0.497 e. The molecule has 0 aliphatic carbocycles. The van der Waals surface area contributed by atoms with Crippen LogP contribution < -0.4 is 15.0 Å². The third kappa shape index (κ3) is 2.74. The molecule has 0 radical (unpaired) electrons. The summed E-state index contributed by atoms with van der Waals surface area (Å²) in [4.78, 5) is 27.8. The van der Waals surface area contributed by atoms with E-state index in [0.29, 0.717) is 24.7 Å². The highest BCUT2D eigenvalue weighted by atomic mass is 16.5. The molecule has 4 atom stereocenters. The zero-order valence-electron chi connectivity index (χ0n) is 16.1. The van der Waals surface area contributed by atoms with Crippen molar-refractivity contribution in [2.24, 2.45) is 11.8 Å². The number of methoxy groups -OCH3 is 1. The molecular weight excluding hydrogens is 374 g/mol. The van der Waals surface area contributed by atoms with E-state index in [2.05, 4.69) is 10.5 Å². The summed E-state index contributed by atoms with van der Waals surface area (Å²) in [5.74, 6) is 0.303. The summed E-state index contributed by atoms with van der Waals surface area (Å²) < 4.78 is 16.5. The van der Waals surface area contributed by atoms with Crippen molar-refractivity contribution in [2.75, 3.05) is 18.6 Å². The average Bonchev–Trinajstić information content (AvgIpc) is 3.47. The monoisotopic (exact) mass is 395 g/mol. The van der Waals surface area contributed by atoms with Gasteiger partial charge >= 0.3 is 0 Å². The largest absolute Gasteiger partial charge is 0.497 e. The van der Waals surface area contributed by atoms with Crippen LogP contribution in [0.3, 0.4) is 0 Å². The van der Waals surface area contributed by atoms with Crippen LogP contribution in [0, 0.1) is 18.8 Å². The lowest BCUT2D eigenvalue weighted by Crippen LogP contribution is -2.44. The maximum absolute atomic E-state index is 13.2. The van der Waals surface area contributed by atoms with Crippen LogP contribution in [0.1, 0.15) is 11.3 Å². The number of rotatable bonds is 5. The predicted molar refractivity (Wildman–Crippen MR) is 102 cm³/mol.